The summed E-state index contributed by atoms with van der Waals surface area (Å²) in [5.41, 5.74) is -7.05. The van der Waals surface area contributed by atoms with Gasteiger partial charge >= 0.3 is 17.9 Å². The normalized spacial score (nSPS) is 30.4. The van der Waals surface area contributed by atoms with Gasteiger partial charge in [-0.25, -0.2) is 9.59 Å². The van der Waals surface area contributed by atoms with Gasteiger partial charge in [-0.05, 0) is 54.8 Å². The lowest BCUT2D eigenvalue weighted by Crippen LogP contribution is -2.75. The van der Waals surface area contributed by atoms with E-state index in [0.29, 0.717) is 11.1 Å². The first-order valence-electron chi connectivity index (χ1n) is 19.6. The Labute approximate surface area is 347 Å². The van der Waals surface area contributed by atoms with Crippen molar-refractivity contribution in [2.75, 3.05) is 13.7 Å². The SMILES string of the molecule is CO[C@H]1C(=O)[C@]2(C)C=C[C@@H](O)[C@](CO)(OC(C)=O)[C@H]2[C@H](OC(=O)c2ccccc2)[C@]2(O)C[C@H](OC(=O)[C@H](O)[C@@H](NC(=O)c3ccccc3)c3ccccc3)C(C)=C1C2(C)C. The Morgan fingerprint density at radius 3 is 2.00 bits per heavy atom. The van der Waals surface area contributed by atoms with Crippen molar-refractivity contribution in [3.63, 3.8) is 0 Å². The van der Waals surface area contributed by atoms with Crippen molar-refractivity contribution in [1.29, 1.82) is 0 Å². The van der Waals surface area contributed by atoms with E-state index >= 15 is 4.79 Å². The number of fused-ring (bicyclic) bond motifs is 3. The molecule has 3 aromatic rings. The lowest BCUT2D eigenvalue weighted by atomic mass is 9.47. The Morgan fingerprint density at radius 2 is 1.45 bits per heavy atom. The van der Waals surface area contributed by atoms with Crippen LogP contribution in [0.2, 0.25) is 0 Å². The summed E-state index contributed by atoms with van der Waals surface area (Å²) in [6.45, 7) is 6.20. The molecule has 14 heteroatoms. The molecule has 5 N–H and O–H groups in total. The van der Waals surface area contributed by atoms with Gasteiger partial charge in [0.1, 0.15) is 30.0 Å². The van der Waals surface area contributed by atoms with Crippen LogP contribution in [0.1, 0.15) is 73.4 Å². The number of methoxy groups -OCH3 is 1. The highest BCUT2D eigenvalue weighted by Gasteiger charge is 2.73. The number of aliphatic hydroxyl groups is 4. The fraction of sp³-hybridized carbons (Fsp3) is 0.413. The number of rotatable bonds is 11. The molecule has 0 radical (unpaired) electrons. The van der Waals surface area contributed by atoms with Crippen molar-refractivity contribution < 1.29 is 63.3 Å². The fourth-order valence-corrected chi connectivity index (χ4v) is 9.40. The molecule has 1 saturated carbocycles. The Bertz CT molecular complexity index is 2170. The van der Waals surface area contributed by atoms with Crippen LogP contribution < -0.4 is 5.32 Å². The van der Waals surface area contributed by atoms with Crippen LogP contribution in [0.25, 0.3) is 0 Å². The minimum Gasteiger partial charge on any atom is -0.456 e. The van der Waals surface area contributed by atoms with Crippen LogP contribution in [0.5, 0.6) is 0 Å². The molecule has 3 aliphatic carbocycles. The zero-order valence-corrected chi connectivity index (χ0v) is 34.2. The molecule has 0 heterocycles. The highest BCUT2D eigenvalue weighted by atomic mass is 16.6. The molecule has 318 valence electrons. The second-order valence-electron chi connectivity index (χ2n) is 16.4. The molecule has 0 spiro atoms. The standard InChI is InChI=1S/C46H51NO13/c1-26-31(58-42(55)35(51)34(28-16-10-7-11-17-28)47-40(53)29-18-12-8-13-19-29)24-46(56)39(59-41(54)30-20-14-9-15-21-30)37-44(5,38(52)36(57-6)33(26)43(46,3)4)23-22-32(50)45(37,25-48)60-27(2)49/h7-23,31-32,34-37,39,48,50-51,56H,24-25H2,1-6H3,(H,47,53)/t31-,32+,34-,35+,36+,37-,39-,44+,45-,46+/m0/s1. The maximum Gasteiger partial charge on any atom is 0.338 e. The van der Waals surface area contributed by atoms with Crippen molar-refractivity contribution in [2.24, 2.45) is 16.7 Å². The van der Waals surface area contributed by atoms with Crippen LogP contribution in [0.4, 0.5) is 0 Å². The monoisotopic (exact) mass is 825 g/mol. The van der Waals surface area contributed by atoms with E-state index in [1.165, 1.54) is 38.3 Å². The lowest BCUT2D eigenvalue weighted by Gasteiger charge is -2.62. The third-order valence-corrected chi connectivity index (χ3v) is 12.6. The molecule has 6 rings (SSSR count). The Balaban J connectivity index is 1.51. The second kappa shape index (κ2) is 16.9. The number of aliphatic hydroxyl groups excluding tert-OH is 3. The topological polar surface area (TPSA) is 215 Å². The largest absolute Gasteiger partial charge is 0.456 e. The first-order valence-corrected chi connectivity index (χ1v) is 19.6. The third-order valence-electron chi connectivity index (χ3n) is 12.6. The van der Waals surface area contributed by atoms with E-state index in [9.17, 15) is 39.6 Å². The Hall–Kier alpha value is -5.51. The summed E-state index contributed by atoms with van der Waals surface area (Å²) in [5.74, 6) is -6.07. The van der Waals surface area contributed by atoms with Gasteiger partial charge in [-0.2, -0.15) is 0 Å². The number of esters is 3. The van der Waals surface area contributed by atoms with Gasteiger partial charge in [0.05, 0.1) is 29.5 Å². The predicted molar refractivity (Wildman–Crippen MR) is 215 cm³/mol. The number of carbonyl (C=O) groups excluding carboxylic acids is 5. The smallest absolute Gasteiger partial charge is 0.338 e. The number of ketones is 1. The van der Waals surface area contributed by atoms with Crippen LogP contribution in [0, 0.1) is 16.7 Å². The molecule has 3 aromatic carbocycles. The van der Waals surface area contributed by atoms with E-state index in [1.54, 1.807) is 99.6 Å². The van der Waals surface area contributed by atoms with Gasteiger partial charge < -0.3 is 44.7 Å². The summed E-state index contributed by atoms with van der Waals surface area (Å²) in [5, 5.41) is 50.8. The quantitative estimate of drug-likeness (QED) is 0.106. The average molecular weight is 826 g/mol. The molecule has 14 nitrogen and oxygen atoms in total. The van der Waals surface area contributed by atoms with E-state index in [4.69, 9.17) is 18.9 Å². The molecule has 0 aromatic heterocycles. The van der Waals surface area contributed by atoms with Gasteiger partial charge in [-0.1, -0.05) is 92.7 Å². The maximum absolute atomic E-state index is 15.2. The van der Waals surface area contributed by atoms with Gasteiger partial charge in [-0.3, -0.25) is 14.4 Å². The number of carbonyl (C=O) groups is 5. The fourth-order valence-electron chi connectivity index (χ4n) is 9.40. The van der Waals surface area contributed by atoms with Crippen molar-refractivity contribution >= 4 is 29.6 Å². The predicted octanol–water partition coefficient (Wildman–Crippen LogP) is 3.58. The molecule has 0 saturated heterocycles. The molecule has 3 aliphatic rings. The number of benzene rings is 3. The number of hydrogen-bond donors (Lipinski definition) is 5. The molecule has 2 bridgehead atoms. The number of nitrogens with one attached hydrogen (secondary N) is 1. The van der Waals surface area contributed by atoms with E-state index in [2.05, 4.69) is 5.32 Å². The van der Waals surface area contributed by atoms with E-state index in [-0.39, 0.29) is 16.7 Å². The van der Waals surface area contributed by atoms with Crippen molar-refractivity contribution in [1.82, 2.24) is 5.32 Å². The number of ether oxygens (including phenoxy) is 4. The van der Waals surface area contributed by atoms with Crippen LogP contribution in [0.15, 0.2) is 114 Å². The summed E-state index contributed by atoms with van der Waals surface area (Å²) in [4.78, 5) is 69.8. The minimum atomic E-state index is -2.38. The van der Waals surface area contributed by atoms with Crippen LogP contribution in [-0.4, -0.2) is 105 Å². The first-order chi connectivity index (χ1) is 28.4. The summed E-state index contributed by atoms with van der Waals surface area (Å²) in [7, 11) is 1.27. The minimum absolute atomic E-state index is 0.0520. The Morgan fingerprint density at radius 1 is 0.883 bits per heavy atom. The molecular weight excluding hydrogens is 774 g/mol. The zero-order chi connectivity index (χ0) is 43.8. The maximum atomic E-state index is 15.2. The number of Topliss-reactive ketones (excluding diaryl/α,β-unsaturated/α-hetero) is 1. The second-order valence-corrected chi connectivity index (χ2v) is 16.4. The average Bonchev–Trinajstić information content (AvgIpc) is 3.24. The van der Waals surface area contributed by atoms with Crippen LogP contribution in [-0.2, 0) is 33.3 Å². The van der Waals surface area contributed by atoms with Crippen LogP contribution >= 0.6 is 0 Å². The van der Waals surface area contributed by atoms with Gasteiger partial charge in [0.15, 0.2) is 17.5 Å². The van der Waals surface area contributed by atoms with E-state index < -0.39 is 107 Å². The number of amides is 1. The molecule has 0 aliphatic heterocycles. The summed E-state index contributed by atoms with van der Waals surface area (Å²) in [6, 6.07) is 23.0. The lowest BCUT2D eigenvalue weighted by molar-refractivity contribution is -0.257. The van der Waals surface area contributed by atoms with Gasteiger partial charge in [0, 0.05) is 31.4 Å². The van der Waals surface area contributed by atoms with Gasteiger partial charge in [0.25, 0.3) is 5.91 Å². The number of hydrogen-bond acceptors (Lipinski definition) is 13. The highest BCUT2D eigenvalue weighted by Crippen LogP contribution is 2.61. The Kier molecular flexibility index (Phi) is 12.4. The van der Waals surface area contributed by atoms with Crippen LogP contribution in [0.3, 0.4) is 0 Å². The van der Waals surface area contributed by atoms with Crippen molar-refractivity contribution in [3.8, 4) is 0 Å². The third kappa shape index (κ3) is 7.47. The summed E-state index contributed by atoms with van der Waals surface area (Å²) in [6.07, 6.45) is -6.55. The molecule has 1 amide bonds. The summed E-state index contributed by atoms with van der Waals surface area (Å²) < 4.78 is 24.1. The molecule has 10 atom stereocenters. The number of allylic oxidation sites excluding steroid dienone is 1. The summed E-state index contributed by atoms with van der Waals surface area (Å²) >= 11 is 0. The van der Waals surface area contributed by atoms with E-state index in [1.807, 2.05) is 0 Å². The first kappa shape index (κ1) is 44.1. The highest BCUT2D eigenvalue weighted by molar-refractivity contribution is 5.96. The van der Waals surface area contributed by atoms with Gasteiger partial charge in [-0.15, -0.1) is 0 Å². The molecule has 60 heavy (non-hydrogen) atoms. The van der Waals surface area contributed by atoms with E-state index in [0.717, 1.165) is 6.92 Å². The molecular formula is C46H51NO13. The molecule has 0 unspecified atom stereocenters. The zero-order valence-electron chi connectivity index (χ0n) is 34.2. The van der Waals surface area contributed by atoms with Gasteiger partial charge in [0.2, 0.25) is 0 Å². The van der Waals surface area contributed by atoms with Crippen molar-refractivity contribution in [3.05, 3.63) is 131 Å². The van der Waals surface area contributed by atoms with Crippen molar-refractivity contribution in [2.45, 2.75) is 88.8 Å². The molecule has 1 fully saturated rings.